The summed E-state index contributed by atoms with van der Waals surface area (Å²) in [4.78, 5) is 0. The summed E-state index contributed by atoms with van der Waals surface area (Å²) < 4.78 is 6.45. The first-order valence-electron chi connectivity index (χ1n) is 7.71. The van der Waals surface area contributed by atoms with E-state index in [9.17, 15) is 5.11 Å². The molecule has 0 heterocycles. The van der Waals surface area contributed by atoms with Crippen LogP contribution in [0.3, 0.4) is 0 Å². The van der Waals surface area contributed by atoms with E-state index in [-0.39, 0.29) is 11.1 Å². The fourth-order valence-corrected chi connectivity index (χ4v) is 3.88. The van der Waals surface area contributed by atoms with E-state index in [1.54, 1.807) is 0 Å². The van der Waals surface area contributed by atoms with Gasteiger partial charge in [0.05, 0.1) is 6.10 Å². The molecule has 1 aliphatic carbocycles. The lowest BCUT2D eigenvalue weighted by atomic mass is 9.88. The van der Waals surface area contributed by atoms with Gasteiger partial charge in [0.15, 0.2) is 8.32 Å². The van der Waals surface area contributed by atoms with E-state index >= 15 is 0 Å². The summed E-state index contributed by atoms with van der Waals surface area (Å²) in [5.41, 5.74) is 1.08. The van der Waals surface area contributed by atoms with Crippen LogP contribution in [-0.4, -0.2) is 19.5 Å². The van der Waals surface area contributed by atoms with Gasteiger partial charge in [-0.15, -0.1) is 0 Å². The van der Waals surface area contributed by atoms with Crippen LogP contribution in [0, 0.1) is 0 Å². The third-order valence-electron chi connectivity index (χ3n) is 5.09. The van der Waals surface area contributed by atoms with Crippen LogP contribution < -0.4 is 0 Å². The van der Waals surface area contributed by atoms with E-state index in [0.29, 0.717) is 6.42 Å². The lowest BCUT2D eigenvalue weighted by Crippen LogP contribution is -2.43. The zero-order valence-electron chi connectivity index (χ0n) is 14.1. The Morgan fingerprint density at radius 1 is 1.19 bits per heavy atom. The van der Waals surface area contributed by atoms with Gasteiger partial charge in [0, 0.05) is 6.42 Å². The molecule has 0 saturated carbocycles. The average Bonchev–Trinajstić information content (AvgIpc) is 2.64. The van der Waals surface area contributed by atoms with Crippen LogP contribution in [0.5, 0.6) is 0 Å². The Morgan fingerprint density at radius 3 is 2.29 bits per heavy atom. The van der Waals surface area contributed by atoms with Crippen LogP contribution in [0.15, 0.2) is 42.0 Å². The summed E-state index contributed by atoms with van der Waals surface area (Å²) in [5, 5.41) is 11.3. The van der Waals surface area contributed by atoms with E-state index in [4.69, 9.17) is 4.43 Å². The van der Waals surface area contributed by atoms with Gasteiger partial charge in [-0.3, -0.25) is 0 Å². The van der Waals surface area contributed by atoms with Crippen LogP contribution in [0.1, 0.15) is 39.7 Å². The van der Waals surface area contributed by atoms with Crippen molar-refractivity contribution in [1.29, 1.82) is 0 Å². The molecular weight excluding hydrogens is 276 g/mol. The number of hydrogen-bond donors (Lipinski definition) is 1. The first-order chi connectivity index (χ1) is 9.56. The van der Waals surface area contributed by atoms with E-state index in [1.165, 1.54) is 0 Å². The molecule has 2 atom stereocenters. The topological polar surface area (TPSA) is 29.5 Å². The first-order valence-corrected chi connectivity index (χ1v) is 10.6. The fourth-order valence-electron chi connectivity index (χ4n) is 2.62. The Hall–Kier alpha value is -0.903. The van der Waals surface area contributed by atoms with E-state index in [2.05, 4.69) is 39.9 Å². The van der Waals surface area contributed by atoms with Crippen molar-refractivity contribution < 1.29 is 9.53 Å². The first kappa shape index (κ1) is 16.5. The SMILES string of the molecule is CC1=C[C@H](O[Si](C)(C)C(C)(C)C)C[C@@]1(O)c1ccccc1. The van der Waals surface area contributed by atoms with Crippen molar-refractivity contribution in [3.8, 4) is 0 Å². The van der Waals surface area contributed by atoms with Crippen molar-refractivity contribution in [1.82, 2.24) is 0 Å². The quantitative estimate of drug-likeness (QED) is 0.652. The van der Waals surface area contributed by atoms with Crippen LogP contribution in [0.4, 0.5) is 0 Å². The number of rotatable bonds is 3. The summed E-state index contributed by atoms with van der Waals surface area (Å²) in [6, 6.07) is 9.91. The summed E-state index contributed by atoms with van der Waals surface area (Å²) in [7, 11) is -1.82. The molecule has 1 aliphatic rings. The van der Waals surface area contributed by atoms with Crippen molar-refractivity contribution in [2.24, 2.45) is 0 Å². The Morgan fingerprint density at radius 2 is 1.76 bits per heavy atom. The molecule has 2 nitrogen and oxygen atoms in total. The zero-order chi connectivity index (χ0) is 15.9. The monoisotopic (exact) mass is 304 g/mol. The Balaban J connectivity index is 2.19. The maximum Gasteiger partial charge on any atom is 0.192 e. The fraction of sp³-hybridized carbons (Fsp3) is 0.556. The Labute approximate surface area is 130 Å². The molecule has 0 radical (unpaired) electrons. The van der Waals surface area contributed by atoms with E-state index in [1.807, 2.05) is 37.3 Å². The maximum absolute atomic E-state index is 11.1. The third kappa shape index (κ3) is 3.15. The summed E-state index contributed by atoms with van der Waals surface area (Å²) in [6.07, 6.45) is 2.74. The van der Waals surface area contributed by atoms with Crippen molar-refractivity contribution >= 4 is 8.32 Å². The Bertz CT molecular complexity index is 528. The second kappa shape index (κ2) is 5.38. The molecule has 1 N–H and O–H groups in total. The van der Waals surface area contributed by atoms with Gasteiger partial charge in [0.2, 0.25) is 0 Å². The molecule has 1 aromatic rings. The van der Waals surface area contributed by atoms with Crippen molar-refractivity contribution in [3.05, 3.63) is 47.5 Å². The van der Waals surface area contributed by atoms with Gasteiger partial charge < -0.3 is 9.53 Å². The molecule has 116 valence electrons. The predicted molar refractivity (Wildman–Crippen MR) is 90.8 cm³/mol. The van der Waals surface area contributed by atoms with Crippen molar-refractivity contribution in [2.45, 2.75) is 64.0 Å². The number of hydrogen-bond acceptors (Lipinski definition) is 2. The highest BCUT2D eigenvalue weighted by Crippen LogP contribution is 2.44. The van der Waals surface area contributed by atoms with E-state index < -0.39 is 13.9 Å². The van der Waals surface area contributed by atoms with Gasteiger partial charge in [-0.05, 0) is 36.2 Å². The molecule has 0 spiro atoms. The molecule has 0 aromatic heterocycles. The lowest BCUT2D eigenvalue weighted by molar-refractivity contribution is 0.0495. The summed E-state index contributed by atoms with van der Waals surface area (Å²) >= 11 is 0. The normalized spacial score (nSPS) is 26.8. The Kier molecular flexibility index (Phi) is 4.22. The minimum Gasteiger partial charge on any atom is -0.410 e. The highest BCUT2D eigenvalue weighted by atomic mass is 28.4. The summed E-state index contributed by atoms with van der Waals surface area (Å²) in [6.45, 7) is 13.3. The van der Waals surface area contributed by atoms with Gasteiger partial charge in [-0.25, -0.2) is 0 Å². The second-order valence-electron chi connectivity index (χ2n) is 7.70. The van der Waals surface area contributed by atoms with Crippen LogP contribution in [-0.2, 0) is 10.0 Å². The predicted octanol–water partition coefficient (Wildman–Crippen LogP) is 4.61. The van der Waals surface area contributed by atoms with Crippen molar-refractivity contribution in [3.63, 3.8) is 0 Å². The number of aliphatic hydroxyl groups is 1. The molecule has 21 heavy (non-hydrogen) atoms. The van der Waals surface area contributed by atoms with Crippen LogP contribution in [0.25, 0.3) is 0 Å². The molecule has 2 rings (SSSR count). The van der Waals surface area contributed by atoms with E-state index in [0.717, 1.165) is 11.1 Å². The second-order valence-corrected chi connectivity index (χ2v) is 12.5. The molecule has 1 aromatic carbocycles. The average molecular weight is 305 g/mol. The molecule has 0 bridgehead atoms. The molecule has 0 aliphatic heterocycles. The molecular formula is C18H28O2Si. The van der Waals surface area contributed by atoms with Crippen LogP contribution in [0.2, 0.25) is 18.1 Å². The molecule has 0 unspecified atom stereocenters. The minimum absolute atomic E-state index is 0.0103. The lowest BCUT2D eigenvalue weighted by Gasteiger charge is -2.38. The molecule has 0 saturated heterocycles. The van der Waals surface area contributed by atoms with Crippen LogP contribution >= 0.6 is 0 Å². The molecule has 3 heteroatoms. The van der Waals surface area contributed by atoms with Gasteiger partial charge >= 0.3 is 0 Å². The van der Waals surface area contributed by atoms with Crippen molar-refractivity contribution in [2.75, 3.05) is 0 Å². The summed E-state index contributed by atoms with van der Waals surface area (Å²) in [5.74, 6) is 0. The third-order valence-corrected chi connectivity index (χ3v) is 9.59. The van der Waals surface area contributed by atoms with Gasteiger partial charge in [-0.1, -0.05) is 57.2 Å². The van der Waals surface area contributed by atoms with Gasteiger partial charge in [0.1, 0.15) is 5.60 Å². The zero-order valence-corrected chi connectivity index (χ0v) is 15.1. The smallest absolute Gasteiger partial charge is 0.192 e. The highest BCUT2D eigenvalue weighted by molar-refractivity contribution is 6.74. The standard InChI is InChI=1S/C18H28O2Si/c1-14-12-16(20-21(5,6)17(2,3)4)13-18(14,19)15-10-8-7-9-11-15/h7-12,16,19H,13H2,1-6H3/t16-,18-/m0/s1. The largest absolute Gasteiger partial charge is 0.410 e. The molecule has 0 fully saturated rings. The highest BCUT2D eigenvalue weighted by Gasteiger charge is 2.44. The maximum atomic E-state index is 11.1. The minimum atomic E-state index is -1.82. The van der Waals surface area contributed by atoms with Gasteiger partial charge in [-0.2, -0.15) is 0 Å². The molecule has 0 amide bonds. The van der Waals surface area contributed by atoms with Gasteiger partial charge in [0.25, 0.3) is 0 Å². The number of benzene rings is 1.